The second-order valence-corrected chi connectivity index (χ2v) is 8.65. The maximum Gasteiger partial charge on any atom is 0.306 e. The maximum absolute atomic E-state index is 13.1. The van der Waals surface area contributed by atoms with E-state index >= 15 is 0 Å². The average Bonchev–Trinajstić information content (AvgIpc) is 3.08. The molecule has 7 nitrogen and oxygen atoms in total. The first-order chi connectivity index (χ1) is 13.2. The third-order valence-electron chi connectivity index (χ3n) is 4.04. The number of fused-ring (bicyclic) bond motifs is 1. The molecule has 0 N–H and O–H groups in total. The Balaban J connectivity index is 1.77. The molecule has 1 heterocycles. The van der Waals surface area contributed by atoms with Gasteiger partial charge in [0.15, 0.2) is 11.5 Å². The summed E-state index contributed by atoms with van der Waals surface area (Å²) in [6.45, 7) is 5.22. The summed E-state index contributed by atoms with van der Waals surface area (Å²) < 4.78 is 37.9. The van der Waals surface area contributed by atoms with Crippen molar-refractivity contribution in [2.75, 3.05) is 19.6 Å². The lowest BCUT2D eigenvalue weighted by Gasteiger charge is -2.25. The van der Waals surface area contributed by atoms with Gasteiger partial charge in [-0.25, -0.2) is 0 Å². The highest BCUT2D eigenvalue weighted by Gasteiger charge is 2.21. The fraction of sp³-hybridized carbons (Fsp3) is 0.350. The molecule has 3 rings (SSSR count). The topological polar surface area (TPSA) is 82.1 Å². The van der Waals surface area contributed by atoms with Crippen molar-refractivity contribution in [1.29, 1.82) is 0 Å². The van der Waals surface area contributed by atoms with Gasteiger partial charge in [-0.15, -0.1) is 0 Å². The first-order valence-electron chi connectivity index (χ1n) is 8.88. The van der Waals surface area contributed by atoms with E-state index in [1.807, 2.05) is 13.8 Å². The highest BCUT2D eigenvalue weighted by atomic mass is 32.2. The number of nitrogens with zero attached hydrogens (tertiary/aromatic N) is 1. The van der Waals surface area contributed by atoms with Gasteiger partial charge in [0, 0.05) is 18.7 Å². The van der Waals surface area contributed by atoms with E-state index in [0.29, 0.717) is 30.2 Å². The standard InChI is InChI=1S/C20H23NO6S/c1-14(2)11-21(12-15-4-7-17(8-5-15)27-28(3,23)24)20(22)16-6-9-18-19(10-16)26-13-25-18/h4-10,14H,11-13H2,1-3H3. The Labute approximate surface area is 164 Å². The molecule has 0 radical (unpaired) electrons. The average molecular weight is 405 g/mol. The normalized spacial score (nSPS) is 12.9. The molecule has 0 saturated carbocycles. The molecule has 8 heteroatoms. The van der Waals surface area contributed by atoms with Crippen molar-refractivity contribution in [2.45, 2.75) is 20.4 Å². The number of carbonyl (C=O) groups is 1. The van der Waals surface area contributed by atoms with E-state index in [0.717, 1.165) is 11.8 Å². The highest BCUT2D eigenvalue weighted by Crippen LogP contribution is 2.33. The number of rotatable bonds is 7. The highest BCUT2D eigenvalue weighted by molar-refractivity contribution is 7.86. The molecular weight excluding hydrogens is 382 g/mol. The molecular formula is C20H23NO6S. The van der Waals surface area contributed by atoms with Crippen molar-refractivity contribution < 1.29 is 26.9 Å². The lowest BCUT2D eigenvalue weighted by atomic mass is 10.1. The van der Waals surface area contributed by atoms with Crippen LogP contribution in [0.15, 0.2) is 42.5 Å². The first kappa shape index (κ1) is 20.0. The number of benzene rings is 2. The second-order valence-electron chi connectivity index (χ2n) is 7.08. The number of hydrogen-bond acceptors (Lipinski definition) is 6. The Kier molecular flexibility index (Phi) is 5.79. The Morgan fingerprint density at radius 3 is 2.43 bits per heavy atom. The van der Waals surface area contributed by atoms with Crippen LogP contribution in [-0.4, -0.2) is 38.8 Å². The van der Waals surface area contributed by atoms with Crippen molar-refractivity contribution in [2.24, 2.45) is 5.92 Å². The number of hydrogen-bond donors (Lipinski definition) is 0. The summed E-state index contributed by atoms with van der Waals surface area (Å²) in [5.74, 6) is 1.61. The fourth-order valence-corrected chi connectivity index (χ4v) is 3.38. The summed E-state index contributed by atoms with van der Waals surface area (Å²) in [7, 11) is -3.57. The first-order valence-corrected chi connectivity index (χ1v) is 10.7. The molecule has 2 aromatic carbocycles. The molecule has 28 heavy (non-hydrogen) atoms. The summed E-state index contributed by atoms with van der Waals surface area (Å²) in [5.41, 5.74) is 1.40. The molecule has 0 bridgehead atoms. The quantitative estimate of drug-likeness (QED) is 0.659. The van der Waals surface area contributed by atoms with Crippen LogP contribution in [0.5, 0.6) is 17.2 Å². The minimum atomic E-state index is -3.57. The van der Waals surface area contributed by atoms with Gasteiger partial charge in [-0.2, -0.15) is 8.42 Å². The van der Waals surface area contributed by atoms with Crippen molar-refractivity contribution in [3.05, 3.63) is 53.6 Å². The molecule has 0 spiro atoms. The van der Waals surface area contributed by atoms with Gasteiger partial charge in [-0.05, 0) is 41.8 Å². The zero-order valence-electron chi connectivity index (χ0n) is 16.0. The Bertz CT molecular complexity index is 953. The van der Waals surface area contributed by atoms with Crippen molar-refractivity contribution in [1.82, 2.24) is 4.90 Å². The van der Waals surface area contributed by atoms with Crippen LogP contribution in [0.3, 0.4) is 0 Å². The van der Waals surface area contributed by atoms with Crippen LogP contribution in [0, 0.1) is 5.92 Å². The Morgan fingerprint density at radius 1 is 1.11 bits per heavy atom. The monoisotopic (exact) mass is 405 g/mol. The van der Waals surface area contributed by atoms with Crippen molar-refractivity contribution in [3.8, 4) is 17.2 Å². The second kappa shape index (κ2) is 8.10. The lowest BCUT2D eigenvalue weighted by Crippen LogP contribution is -2.33. The Hall–Kier alpha value is -2.74. The molecule has 0 aromatic heterocycles. The van der Waals surface area contributed by atoms with Gasteiger partial charge in [0.1, 0.15) is 5.75 Å². The largest absolute Gasteiger partial charge is 0.454 e. The van der Waals surface area contributed by atoms with E-state index in [1.54, 1.807) is 47.4 Å². The van der Waals surface area contributed by atoms with Crippen molar-refractivity contribution >= 4 is 16.0 Å². The van der Waals surface area contributed by atoms with Crippen LogP contribution in [0.1, 0.15) is 29.8 Å². The predicted octanol–water partition coefficient (Wildman–Crippen LogP) is 3.05. The fourth-order valence-electron chi connectivity index (χ4n) is 2.92. The predicted molar refractivity (Wildman–Crippen MR) is 104 cm³/mol. The van der Waals surface area contributed by atoms with Crippen LogP contribution >= 0.6 is 0 Å². The summed E-state index contributed by atoms with van der Waals surface area (Å²) in [4.78, 5) is 14.8. The van der Waals surface area contributed by atoms with Gasteiger partial charge in [-0.1, -0.05) is 26.0 Å². The van der Waals surface area contributed by atoms with Crippen LogP contribution in [-0.2, 0) is 16.7 Å². The van der Waals surface area contributed by atoms with Gasteiger partial charge < -0.3 is 18.6 Å². The van der Waals surface area contributed by atoms with Gasteiger partial charge >= 0.3 is 10.1 Å². The van der Waals surface area contributed by atoms with Gasteiger partial charge in [0.05, 0.1) is 6.26 Å². The van der Waals surface area contributed by atoms with E-state index in [-0.39, 0.29) is 24.4 Å². The lowest BCUT2D eigenvalue weighted by molar-refractivity contribution is 0.0722. The SMILES string of the molecule is CC(C)CN(Cc1ccc(OS(C)(=O)=O)cc1)C(=O)c1ccc2c(c1)OCO2. The third-order valence-corrected chi connectivity index (χ3v) is 4.53. The Morgan fingerprint density at radius 2 is 1.79 bits per heavy atom. The van der Waals surface area contributed by atoms with Gasteiger partial charge in [0.25, 0.3) is 5.91 Å². The van der Waals surface area contributed by atoms with E-state index in [9.17, 15) is 13.2 Å². The molecule has 0 aliphatic carbocycles. The van der Waals surface area contributed by atoms with E-state index < -0.39 is 10.1 Å². The zero-order chi connectivity index (χ0) is 20.3. The molecule has 1 aliphatic rings. The molecule has 0 unspecified atom stereocenters. The zero-order valence-corrected chi connectivity index (χ0v) is 16.9. The van der Waals surface area contributed by atoms with E-state index in [2.05, 4.69) is 0 Å². The summed E-state index contributed by atoms with van der Waals surface area (Å²) in [6.07, 6.45) is 0.995. The minimum Gasteiger partial charge on any atom is -0.454 e. The molecule has 2 aromatic rings. The maximum atomic E-state index is 13.1. The number of amides is 1. The smallest absolute Gasteiger partial charge is 0.306 e. The summed E-state index contributed by atoms with van der Waals surface area (Å²) in [5, 5.41) is 0. The summed E-state index contributed by atoms with van der Waals surface area (Å²) in [6, 6.07) is 11.8. The molecule has 1 aliphatic heterocycles. The van der Waals surface area contributed by atoms with Crippen LogP contribution in [0.4, 0.5) is 0 Å². The third kappa shape index (κ3) is 5.16. The molecule has 0 fully saturated rings. The molecule has 0 saturated heterocycles. The van der Waals surface area contributed by atoms with Crippen molar-refractivity contribution in [3.63, 3.8) is 0 Å². The molecule has 0 atom stereocenters. The van der Waals surface area contributed by atoms with Crippen LogP contribution in [0.25, 0.3) is 0 Å². The van der Waals surface area contributed by atoms with Crippen LogP contribution in [0.2, 0.25) is 0 Å². The van der Waals surface area contributed by atoms with Gasteiger partial charge in [0.2, 0.25) is 6.79 Å². The van der Waals surface area contributed by atoms with Gasteiger partial charge in [-0.3, -0.25) is 4.79 Å². The molecule has 150 valence electrons. The van der Waals surface area contributed by atoms with E-state index in [1.165, 1.54) is 0 Å². The summed E-state index contributed by atoms with van der Waals surface area (Å²) >= 11 is 0. The van der Waals surface area contributed by atoms with E-state index in [4.69, 9.17) is 13.7 Å². The number of ether oxygens (including phenoxy) is 2. The van der Waals surface area contributed by atoms with Crippen LogP contribution < -0.4 is 13.7 Å². The number of carbonyl (C=O) groups excluding carboxylic acids is 1. The molecule has 1 amide bonds. The minimum absolute atomic E-state index is 0.108.